The predicted molar refractivity (Wildman–Crippen MR) is 98.3 cm³/mol. The quantitative estimate of drug-likeness (QED) is 0.310. The molecule has 0 aliphatic heterocycles. The van der Waals surface area contributed by atoms with E-state index in [9.17, 15) is 24.0 Å². The molecule has 0 saturated heterocycles. The van der Waals surface area contributed by atoms with Gasteiger partial charge in [0, 0.05) is 6.54 Å². The van der Waals surface area contributed by atoms with Gasteiger partial charge in [0.15, 0.2) is 0 Å². The zero-order valence-electron chi connectivity index (χ0n) is 15.5. The fourth-order valence-corrected chi connectivity index (χ4v) is 2.73. The molecule has 0 saturated carbocycles. The summed E-state index contributed by atoms with van der Waals surface area (Å²) in [6, 6.07) is 0. The van der Waals surface area contributed by atoms with Crippen molar-refractivity contribution < 1.29 is 9.59 Å². The summed E-state index contributed by atoms with van der Waals surface area (Å²) in [6.07, 6.45) is 7.38. The molecule has 0 radical (unpaired) electrons. The number of unbranched alkanes of at least 4 members (excludes halogenated alkanes) is 5. The van der Waals surface area contributed by atoms with Crippen molar-refractivity contribution in [2.24, 2.45) is 9.98 Å². The van der Waals surface area contributed by atoms with Gasteiger partial charge in [0.2, 0.25) is 12.2 Å². The Bertz CT molecular complexity index is 856. The Labute approximate surface area is 155 Å². The van der Waals surface area contributed by atoms with E-state index in [2.05, 4.69) is 15.0 Å². The molecule has 10 nitrogen and oxygen atoms in total. The number of carbonyl (C=O) groups excluding carboxylic acids is 2. The van der Waals surface area contributed by atoms with Crippen LogP contribution in [0.5, 0.6) is 0 Å². The molecule has 27 heavy (non-hydrogen) atoms. The zero-order valence-corrected chi connectivity index (χ0v) is 15.5. The number of hydrogen-bond donors (Lipinski definition) is 1. The lowest BCUT2D eigenvalue weighted by Gasteiger charge is -2.14. The maximum Gasteiger partial charge on any atom is 0.338 e. The molecule has 1 aromatic heterocycles. The third-order valence-corrected chi connectivity index (χ3v) is 4.15. The average Bonchev–Trinajstić information content (AvgIpc) is 2.63. The lowest BCUT2D eigenvalue weighted by Crippen LogP contribution is -2.50. The van der Waals surface area contributed by atoms with Crippen molar-refractivity contribution in [1.82, 2.24) is 14.1 Å². The summed E-state index contributed by atoms with van der Waals surface area (Å²) in [4.78, 5) is 66.6. The van der Waals surface area contributed by atoms with Crippen LogP contribution in [0.25, 0.3) is 0 Å². The van der Waals surface area contributed by atoms with Crippen LogP contribution in [0.15, 0.2) is 24.4 Å². The molecule has 1 aromatic rings. The standard InChI is InChI=1S/C17H25N5O5/c1-2-3-4-8-11-21-15(25)20-16(26)22(17(21)27)14(19-13-24)9-6-5-7-10-18-12-23/h14H,2-11H2,1H3,(H,20,25,26). The first-order chi connectivity index (χ1) is 13.1. The fraction of sp³-hybridized carbons (Fsp3) is 0.706. The predicted octanol–water partition coefficient (Wildman–Crippen LogP) is 1.01. The highest BCUT2D eigenvalue weighted by Crippen LogP contribution is 2.13. The Morgan fingerprint density at radius 3 is 2.37 bits per heavy atom. The maximum atomic E-state index is 12.6. The van der Waals surface area contributed by atoms with E-state index in [1.165, 1.54) is 12.2 Å². The molecule has 148 valence electrons. The summed E-state index contributed by atoms with van der Waals surface area (Å²) in [5, 5.41) is 0. The van der Waals surface area contributed by atoms with Crippen LogP contribution in [0.4, 0.5) is 0 Å². The molecule has 1 atom stereocenters. The number of H-pyrrole nitrogens is 1. The van der Waals surface area contributed by atoms with Gasteiger partial charge >= 0.3 is 17.1 Å². The summed E-state index contributed by atoms with van der Waals surface area (Å²) < 4.78 is 1.75. The minimum Gasteiger partial charge on any atom is -0.259 e. The molecule has 10 heteroatoms. The molecule has 0 amide bonds. The molecule has 1 unspecified atom stereocenters. The van der Waals surface area contributed by atoms with Crippen molar-refractivity contribution in [1.29, 1.82) is 0 Å². The van der Waals surface area contributed by atoms with Crippen LogP contribution in [0, 0.1) is 0 Å². The van der Waals surface area contributed by atoms with Crippen LogP contribution >= 0.6 is 0 Å². The Balaban J connectivity index is 2.99. The van der Waals surface area contributed by atoms with Crippen molar-refractivity contribution in [3.05, 3.63) is 31.5 Å². The van der Waals surface area contributed by atoms with Crippen LogP contribution in [-0.4, -0.2) is 32.8 Å². The van der Waals surface area contributed by atoms with Gasteiger partial charge in [-0.2, -0.15) is 4.99 Å². The highest BCUT2D eigenvalue weighted by Gasteiger charge is 2.18. The average molecular weight is 379 g/mol. The van der Waals surface area contributed by atoms with E-state index in [1.54, 1.807) is 0 Å². The first-order valence-corrected chi connectivity index (χ1v) is 9.13. The van der Waals surface area contributed by atoms with E-state index < -0.39 is 23.2 Å². The Kier molecular flexibility index (Phi) is 10.3. The lowest BCUT2D eigenvalue weighted by atomic mass is 10.1. The van der Waals surface area contributed by atoms with Crippen LogP contribution in [0.3, 0.4) is 0 Å². The summed E-state index contributed by atoms with van der Waals surface area (Å²) in [7, 11) is 0. The smallest absolute Gasteiger partial charge is 0.259 e. The molecular weight excluding hydrogens is 354 g/mol. The van der Waals surface area contributed by atoms with Crippen molar-refractivity contribution in [3.63, 3.8) is 0 Å². The van der Waals surface area contributed by atoms with Gasteiger partial charge < -0.3 is 0 Å². The van der Waals surface area contributed by atoms with Gasteiger partial charge in [-0.15, -0.1) is 0 Å². The minimum absolute atomic E-state index is 0.190. The molecule has 0 aliphatic carbocycles. The number of rotatable bonds is 13. The number of aliphatic imine (C=N–C) groups is 2. The van der Waals surface area contributed by atoms with E-state index >= 15 is 0 Å². The number of isocyanates is 2. The molecule has 1 rings (SSSR count). The SMILES string of the molecule is CCCCCCn1c(=O)[nH]c(=O)n(C(CCCCCN=C=O)N=C=O)c1=O. The Hall–Kier alpha value is -2.83. The molecule has 0 fully saturated rings. The second-order valence-corrected chi connectivity index (χ2v) is 6.12. The van der Waals surface area contributed by atoms with E-state index in [4.69, 9.17) is 0 Å². The minimum atomic E-state index is -1.03. The maximum absolute atomic E-state index is 12.6. The monoisotopic (exact) mass is 379 g/mol. The summed E-state index contributed by atoms with van der Waals surface area (Å²) >= 11 is 0. The highest BCUT2D eigenvalue weighted by atomic mass is 16.2. The van der Waals surface area contributed by atoms with Gasteiger partial charge in [0.1, 0.15) is 6.17 Å². The largest absolute Gasteiger partial charge is 0.338 e. The number of aromatic nitrogens is 3. The molecule has 0 aliphatic rings. The first kappa shape index (κ1) is 22.2. The summed E-state index contributed by atoms with van der Waals surface area (Å²) in [5.41, 5.74) is -2.45. The number of nitrogens with zero attached hydrogens (tertiary/aromatic N) is 4. The Morgan fingerprint density at radius 1 is 0.963 bits per heavy atom. The first-order valence-electron chi connectivity index (χ1n) is 9.13. The van der Waals surface area contributed by atoms with Gasteiger partial charge in [-0.05, 0) is 25.7 Å². The van der Waals surface area contributed by atoms with Crippen molar-refractivity contribution in [3.8, 4) is 0 Å². The van der Waals surface area contributed by atoms with Crippen molar-refractivity contribution in [2.45, 2.75) is 71.0 Å². The molecule has 1 heterocycles. The summed E-state index contributed by atoms with van der Waals surface area (Å²) in [6.45, 7) is 2.58. The Morgan fingerprint density at radius 2 is 1.70 bits per heavy atom. The molecule has 0 bridgehead atoms. The highest BCUT2D eigenvalue weighted by molar-refractivity contribution is 5.33. The van der Waals surface area contributed by atoms with Crippen molar-refractivity contribution >= 4 is 12.2 Å². The normalized spacial score (nSPS) is 11.4. The molecule has 1 N–H and O–H groups in total. The van der Waals surface area contributed by atoms with E-state index in [0.717, 1.165) is 28.4 Å². The number of aromatic amines is 1. The number of hydrogen-bond acceptors (Lipinski definition) is 7. The van der Waals surface area contributed by atoms with Crippen LogP contribution in [0.2, 0.25) is 0 Å². The van der Waals surface area contributed by atoms with Gasteiger partial charge in [-0.3, -0.25) is 4.98 Å². The van der Waals surface area contributed by atoms with Crippen LogP contribution in [0.1, 0.15) is 64.5 Å². The molecule has 0 aromatic carbocycles. The topological polar surface area (TPSA) is 136 Å². The third-order valence-electron chi connectivity index (χ3n) is 4.15. The second kappa shape index (κ2) is 12.5. The van der Waals surface area contributed by atoms with E-state index in [-0.39, 0.29) is 13.0 Å². The van der Waals surface area contributed by atoms with Crippen LogP contribution in [-0.2, 0) is 16.1 Å². The number of nitrogens with one attached hydrogen (secondary N) is 1. The van der Waals surface area contributed by atoms with E-state index in [0.29, 0.717) is 32.2 Å². The van der Waals surface area contributed by atoms with Gasteiger partial charge in [-0.25, -0.2) is 38.1 Å². The van der Waals surface area contributed by atoms with Crippen molar-refractivity contribution in [2.75, 3.05) is 6.54 Å². The fourth-order valence-electron chi connectivity index (χ4n) is 2.73. The lowest BCUT2D eigenvalue weighted by molar-refractivity contribution is 0.391. The zero-order chi connectivity index (χ0) is 20.1. The van der Waals surface area contributed by atoms with Gasteiger partial charge in [0.25, 0.3) is 0 Å². The molecular formula is C17H25N5O5. The molecule has 0 spiro atoms. The van der Waals surface area contributed by atoms with Gasteiger partial charge in [0.05, 0.1) is 6.54 Å². The van der Waals surface area contributed by atoms with E-state index in [1.807, 2.05) is 6.92 Å². The summed E-state index contributed by atoms with van der Waals surface area (Å²) in [5.74, 6) is 0. The second-order valence-electron chi connectivity index (χ2n) is 6.12. The third kappa shape index (κ3) is 7.13. The van der Waals surface area contributed by atoms with Gasteiger partial charge in [-0.1, -0.05) is 32.6 Å². The van der Waals surface area contributed by atoms with Crippen LogP contribution < -0.4 is 17.1 Å².